The van der Waals surface area contributed by atoms with Gasteiger partial charge in [-0.2, -0.15) is 0 Å². The molecule has 0 unspecified atom stereocenters. The predicted molar refractivity (Wildman–Crippen MR) is 91.8 cm³/mol. The first-order chi connectivity index (χ1) is 11.8. The fourth-order valence-electron chi connectivity index (χ4n) is 2.78. The summed E-state index contributed by atoms with van der Waals surface area (Å²) in [4.78, 5) is 10.4. The highest BCUT2D eigenvalue weighted by atomic mass is 32.1. The van der Waals surface area contributed by atoms with Crippen LogP contribution in [0.5, 0.6) is 0 Å². The molecule has 1 aliphatic heterocycles. The molecule has 0 spiro atoms. The Morgan fingerprint density at radius 3 is 3.08 bits per heavy atom. The van der Waals surface area contributed by atoms with Crippen molar-refractivity contribution in [3.05, 3.63) is 46.0 Å². The Balaban J connectivity index is 1.64. The van der Waals surface area contributed by atoms with Crippen LogP contribution in [0.4, 0.5) is 5.95 Å². The quantitative estimate of drug-likeness (QED) is 0.756. The summed E-state index contributed by atoms with van der Waals surface area (Å²) in [5.74, 6) is 1.29. The first kappa shape index (κ1) is 15.3. The van der Waals surface area contributed by atoms with Gasteiger partial charge in [-0.3, -0.25) is 0 Å². The fourth-order valence-corrected chi connectivity index (χ4v) is 3.42. The normalized spacial score (nSPS) is 17.3. The van der Waals surface area contributed by atoms with Crippen molar-refractivity contribution >= 4 is 17.3 Å². The average molecular weight is 342 g/mol. The zero-order valence-electron chi connectivity index (χ0n) is 13.4. The van der Waals surface area contributed by atoms with Crippen LogP contribution in [0.2, 0.25) is 0 Å². The monoisotopic (exact) mass is 342 g/mol. The Morgan fingerprint density at radius 2 is 2.38 bits per heavy atom. The van der Waals surface area contributed by atoms with Gasteiger partial charge in [0.15, 0.2) is 5.76 Å². The molecule has 1 saturated heterocycles. The summed E-state index contributed by atoms with van der Waals surface area (Å²) < 4.78 is 11.2. The first-order valence-electron chi connectivity index (χ1n) is 7.98. The van der Waals surface area contributed by atoms with E-state index in [2.05, 4.69) is 26.9 Å². The molecule has 7 heteroatoms. The lowest BCUT2D eigenvalue weighted by molar-refractivity contribution is 0.109. The van der Waals surface area contributed by atoms with Gasteiger partial charge in [-0.15, -0.1) is 11.3 Å². The molecule has 24 heavy (non-hydrogen) atoms. The molecule has 3 aromatic heterocycles. The van der Waals surface area contributed by atoms with Crippen LogP contribution in [0.25, 0.3) is 11.3 Å². The number of nitrogens with zero attached hydrogens (tertiary/aromatic N) is 3. The molecular formula is C17H18N4O2S. The molecule has 1 aliphatic rings. The molecule has 0 radical (unpaired) electrons. The van der Waals surface area contributed by atoms with Crippen LogP contribution >= 0.6 is 11.3 Å². The first-order valence-corrected chi connectivity index (χ1v) is 8.86. The van der Waals surface area contributed by atoms with Gasteiger partial charge in [-0.1, -0.05) is 11.2 Å². The van der Waals surface area contributed by atoms with E-state index < -0.39 is 0 Å². The van der Waals surface area contributed by atoms with E-state index in [-0.39, 0.29) is 6.10 Å². The predicted octanol–water partition coefficient (Wildman–Crippen LogP) is 3.97. The second kappa shape index (κ2) is 6.70. The molecular weight excluding hydrogens is 324 g/mol. The summed E-state index contributed by atoms with van der Waals surface area (Å²) in [6.45, 7) is 3.38. The molecule has 6 nitrogen and oxygen atoms in total. The minimum Gasteiger partial charge on any atom is -0.372 e. The zero-order chi connectivity index (χ0) is 16.4. The molecule has 0 amide bonds. The van der Waals surface area contributed by atoms with Crippen LogP contribution in [0.3, 0.4) is 0 Å². The zero-order valence-corrected chi connectivity index (χ0v) is 14.2. The van der Waals surface area contributed by atoms with Crippen molar-refractivity contribution < 1.29 is 9.26 Å². The Labute approximate surface area is 143 Å². The minimum atomic E-state index is -0.0179. The number of aryl methyl sites for hydroxylation is 1. The van der Waals surface area contributed by atoms with Crippen LogP contribution in [0.15, 0.2) is 34.3 Å². The molecule has 4 heterocycles. The van der Waals surface area contributed by atoms with Gasteiger partial charge < -0.3 is 14.6 Å². The molecule has 0 bridgehead atoms. The highest BCUT2D eigenvalue weighted by Crippen LogP contribution is 2.34. The third-order valence-electron chi connectivity index (χ3n) is 3.95. The van der Waals surface area contributed by atoms with E-state index in [1.807, 2.05) is 19.1 Å². The van der Waals surface area contributed by atoms with Crippen LogP contribution in [-0.4, -0.2) is 21.7 Å². The molecule has 124 valence electrons. The maximum absolute atomic E-state index is 5.84. The van der Waals surface area contributed by atoms with Gasteiger partial charge in [-0.05, 0) is 31.2 Å². The number of aromatic nitrogens is 3. The van der Waals surface area contributed by atoms with Crippen molar-refractivity contribution in [1.29, 1.82) is 0 Å². The second-order valence-electron chi connectivity index (χ2n) is 5.76. The standard InChI is InChI=1S/C17H18N4O2S/c1-11-8-15(23-21-11)13-10-19-17(18-9-12-4-3-7-24-12)20-16(13)14-5-2-6-22-14/h3-4,7-8,10,14H,2,5-6,9H2,1H3,(H,18,19,20)/t14-/m1/s1. The number of rotatable bonds is 5. The number of thiophene rings is 1. The third kappa shape index (κ3) is 3.18. The van der Waals surface area contributed by atoms with Crippen LogP contribution in [-0.2, 0) is 11.3 Å². The van der Waals surface area contributed by atoms with E-state index in [0.717, 1.165) is 36.4 Å². The lowest BCUT2D eigenvalue weighted by Gasteiger charge is -2.14. The molecule has 3 aromatic rings. The highest BCUT2D eigenvalue weighted by Gasteiger charge is 2.25. The van der Waals surface area contributed by atoms with E-state index in [4.69, 9.17) is 14.2 Å². The van der Waals surface area contributed by atoms with Gasteiger partial charge in [0.05, 0.1) is 23.5 Å². The molecule has 1 atom stereocenters. The topological polar surface area (TPSA) is 73.1 Å². The van der Waals surface area contributed by atoms with Gasteiger partial charge in [0, 0.05) is 23.7 Å². The summed E-state index contributed by atoms with van der Waals surface area (Å²) in [6.07, 6.45) is 3.78. The molecule has 0 aromatic carbocycles. The maximum atomic E-state index is 5.84. The van der Waals surface area contributed by atoms with Gasteiger partial charge in [0.2, 0.25) is 5.95 Å². The van der Waals surface area contributed by atoms with Gasteiger partial charge in [-0.25, -0.2) is 9.97 Å². The Kier molecular flexibility index (Phi) is 4.27. The van der Waals surface area contributed by atoms with Crippen molar-refractivity contribution in [3.63, 3.8) is 0 Å². The van der Waals surface area contributed by atoms with Gasteiger partial charge in [0.25, 0.3) is 0 Å². The van der Waals surface area contributed by atoms with Gasteiger partial charge >= 0.3 is 0 Å². The van der Waals surface area contributed by atoms with E-state index in [9.17, 15) is 0 Å². The van der Waals surface area contributed by atoms with Gasteiger partial charge in [0.1, 0.15) is 6.10 Å². The van der Waals surface area contributed by atoms with E-state index in [1.54, 1.807) is 17.5 Å². The van der Waals surface area contributed by atoms with Crippen LogP contribution in [0, 0.1) is 6.92 Å². The molecule has 1 fully saturated rings. The van der Waals surface area contributed by atoms with E-state index in [0.29, 0.717) is 18.3 Å². The molecule has 0 saturated carbocycles. The Hall–Kier alpha value is -2.25. The number of anilines is 1. The Morgan fingerprint density at radius 1 is 1.42 bits per heavy atom. The average Bonchev–Trinajstić information content (AvgIpc) is 3.35. The number of hydrogen-bond donors (Lipinski definition) is 1. The summed E-state index contributed by atoms with van der Waals surface area (Å²) in [7, 11) is 0. The van der Waals surface area contributed by atoms with Crippen molar-refractivity contribution in [3.8, 4) is 11.3 Å². The van der Waals surface area contributed by atoms with Crippen molar-refractivity contribution in [1.82, 2.24) is 15.1 Å². The Bertz CT molecular complexity index is 810. The highest BCUT2D eigenvalue weighted by molar-refractivity contribution is 7.09. The van der Waals surface area contributed by atoms with Crippen molar-refractivity contribution in [2.24, 2.45) is 0 Å². The SMILES string of the molecule is Cc1cc(-c2cnc(NCc3cccs3)nc2[C@H]2CCCO2)on1. The summed E-state index contributed by atoms with van der Waals surface area (Å²) >= 11 is 1.71. The largest absolute Gasteiger partial charge is 0.372 e. The lowest BCUT2D eigenvalue weighted by atomic mass is 10.1. The molecule has 1 N–H and O–H groups in total. The van der Waals surface area contributed by atoms with Crippen molar-refractivity contribution in [2.45, 2.75) is 32.4 Å². The van der Waals surface area contributed by atoms with E-state index in [1.165, 1.54) is 4.88 Å². The number of hydrogen-bond acceptors (Lipinski definition) is 7. The van der Waals surface area contributed by atoms with E-state index >= 15 is 0 Å². The number of ether oxygens (including phenoxy) is 1. The molecule has 4 rings (SSSR count). The number of nitrogens with one attached hydrogen (secondary N) is 1. The molecule has 0 aliphatic carbocycles. The second-order valence-corrected chi connectivity index (χ2v) is 6.79. The smallest absolute Gasteiger partial charge is 0.223 e. The lowest BCUT2D eigenvalue weighted by Crippen LogP contribution is -2.08. The minimum absolute atomic E-state index is 0.0179. The summed E-state index contributed by atoms with van der Waals surface area (Å²) in [6, 6.07) is 6.02. The fraction of sp³-hybridized carbons (Fsp3) is 0.353. The van der Waals surface area contributed by atoms with Crippen LogP contribution in [0.1, 0.15) is 35.2 Å². The van der Waals surface area contributed by atoms with Crippen LogP contribution < -0.4 is 5.32 Å². The van der Waals surface area contributed by atoms with Crippen molar-refractivity contribution in [2.75, 3.05) is 11.9 Å². The third-order valence-corrected chi connectivity index (χ3v) is 4.82. The summed E-state index contributed by atoms with van der Waals surface area (Å²) in [5, 5.41) is 9.31. The maximum Gasteiger partial charge on any atom is 0.223 e. The summed E-state index contributed by atoms with van der Waals surface area (Å²) in [5.41, 5.74) is 2.56.